The molecule has 1 fully saturated rings. The maximum Gasteiger partial charge on any atom is 0.227 e. The molecule has 3 nitrogen and oxygen atoms in total. The minimum atomic E-state index is 0.312. The Morgan fingerprint density at radius 1 is 1.23 bits per heavy atom. The van der Waals surface area contributed by atoms with Crippen molar-refractivity contribution in [3.05, 3.63) is 34.9 Å². The fraction of sp³-hybridized carbons (Fsp3) is 0.632. The van der Waals surface area contributed by atoms with Crippen LogP contribution < -0.4 is 5.32 Å². The summed E-state index contributed by atoms with van der Waals surface area (Å²) in [6.07, 6.45) is 7.46. The van der Waals surface area contributed by atoms with Gasteiger partial charge in [0, 0.05) is 12.6 Å². The Labute approximate surface area is 134 Å². The van der Waals surface area contributed by atoms with E-state index in [4.69, 9.17) is 0 Å². The zero-order valence-electron chi connectivity index (χ0n) is 13.7. The van der Waals surface area contributed by atoms with Gasteiger partial charge in [0.1, 0.15) is 0 Å². The van der Waals surface area contributed by atoms with Gasteiger partial charge in [0.15, 0.2) is 0 Å². The molecular weight excluding hydrogens is 272 g/mol. The number of piperidine rings is 1. The molecule has 0 aromatic heterocycles. The van der Waals surface area contributed by atoms with Crippen LogP contribution in [0.25, 0.3) is 0 Å². The molecule has 3 rings (SSSR count). The lowest BCUT2D eigenvalue weighted by Gasteiger charge is -2.34. The molecule has 1 aliphatic heterocycles. The van der Waals surface area contributed by atoms with Gasteiger partial charge in [-0.1, -0.05) is 25.1 Å². The number of aryl methyl sites for hydroxylation is 2. The highest BCUT2D eigenvalue weighted by Crippen LogP contribution is 2.23. The van der Waals surface area contributed by atoms with E-state index >= 15 is 0 Å². The lowest BCUT2D eigenvalue weighted by atomic mass is 10.0. The van der Waals surface area contributed by atoms with Gasteiger partial charge in [0.25, 0.3) is 0 Å². The molecule has 0 unspecified atom stereocenters. The Balaban J connectivity index is 1.67. The van der Waals surface area contributed by atoms with Crippen molar-refractivity contribution in [1.29, 1.82) is 0 Å². The van der Waals surface area contributed by atoms with Crippen molar-refractivity contribution in [3.8, 4) is 0 Å². The maximum atomic E-state index is 12.8. The zero-order chi connectivity index (χ0) is 15.4. The van der Waals surface area contributed by atoms with Crippen LogP contribution in [-0.2, 0) is 24.1 Å². The standard InChI is InChI=1S/C19H28N2O/c1-2-12-21(18-8-10-20-11-9-18)19(22)14-15-6-7-16-4-3-5-17(16)13-15/h6-7,13,18,20H,2-5,8-12,14H2,1H3. The summed E-state index contributed by atoms with van der Waals surface area (Å²) in [5, 5.41) is 3.39. The topological polar surface area (TPSA) is 32.3 Å². The van der Waals surface area contributed by atoms with Gasteiger partial charge < -0.3 is 10.2 Å². The normalized spacial score (nSPS) is 18.2. The third-order valence-electron chi connectivity index (χ3n) is 5.05. The number of carbonyl (C=O) groups excluding carboxylic acids is 1. The number of amides is 1. The smallest absolute Gasteiger partial charge is 0.227 e. The van der Waals surface area contributed by atoms with E-state index in [2.05, 4.69) is 35.3 Å². The first-order valence-electron chi connectivity index (χ1n) is 8.89. The third-order valence-corrected chi connectivity index (χ3v) is 5.05. The van der Waals surface area contributed by atoms with Gasteiger partial charge in [-0.25, -0.2) is 0 Å². The number of hydrogen-bond acceptors (Lipinski definition) is 2. The molecule has 22 heavy (non-hydrogen) atoms. The summed E-state index contributed by atoms with van der Waals surface area (Å²) in [7, 11) is 0. The molecule has 2 aliphatic rings. The van der Waals surface area contributed by atoms with Gasteiger partial charge in [-0.3, -0.25) is 4.79 Å². The predicted octanol–water partition coefficient (Wildman–Crippen LogP) is 2.71. The number of carbonyl (C=O) groups is 1. The van der Waals surface area contributed by atoms with Crippen LogP contribution in [0, 0.1) is 0 Å². The van der Waals surface area contributed by atoms with Gasteiger partial charge in [0.05, 0.1) is 6.42 Å². The van der Waals surface area contributed by atoms with Crippen LogP contribution in [0.15, 0.2) is 18.2 Å². The molecule has 1 N–H and O–H groups in total. The second kappa shape index (κ2) is 7.28. The molecule has 0 atom stereocenters. The van der Waals surface area contributed by atoms with Crippen molar-refractivity contribution in [3.63, 3.8) is 0 Å². The van der Waals surface area contributed by atoms with Crippen molar-refractivity contribution in [2.45, 2.75) is 57.9 Å². The first-order valence-corrected chi connectivity index (χ1v) is 8.89. The van der Waals surface area contributed by atoms with E-state index in [1.54, 1.807) is 0 Å². The molecule has 1 aromatic carbocycles. The largest absolute Gasteiger partial charge is 0.339 e. The second-order valence-electron chi connectivity index (χ2n) is 6.70. The highest BCUT2D eigenvalue weighted by molar-refractivity contribution is 5.79. The highest BCUT2D eigenvalue weighted by Gasteiger charge is 2.24. The predicted molar refractivity (Wildman–Crippen MR) is 90.1 cm³/mol. The van der Waals surface area contributed by atoms with E-state index in [1.165, 1.54) is 36.0 Å². The number of nitrogens with zero attached hydrogens (tertiary/aromatic N) is 1. The number of hydrogen-bond donors (Lipinski definition) is 1. The Bertz CT molecular complexity index is 520. The first-order chi connectivity index (χ1) is 10.8. The van der Waals surface area contributed by atoms with E-state index in [0.29, 0.717) is 18.4 Å². The molecule has 0 spiro atoms. The minimum absolute atomic E-state index is 0.312. The van der Waals surface area contributed by atoms with Gasteiger partial charge in [-0.05, 0) is 68.3 Å². The fourth-order valence-electron chi connectivity index (χ4n) is 3.88. The Morgan fingerprint density at radius 2 is 2.00 bits per heavy atom. The molecule has 1 saturated heterocycles. The Kier molecular flexibility index (Phi) is 5.14. The Morgan fingerprint density at radius 3 is 2.77 bits per heavy atom. The van der Waals surface area contributed by atoms with Gasteiger partial charge in [-0.2, -0.15) is 0 Å². The van der Waals surface area contributed by atoms with Gasteiger partial charge in [0.2, 0.25) is 5.91 Å². The van der Waals surface area contributed by atoms with Crippen LogP contribution in [0.2, 0.25) is 0 Å². The first kappa shape index (κ1) is 15.5. The molecular formula is C19H28N2O. The molecule has 1 amide bonds. The van der Waals surface area contributed by atoms with E-state index in [1.807, 2.05) is 0 Å². The maximum absolute atomic E-state index is 12.8. The third kappa shape index (κ3) is 3.52. The molecule has 120 valence electrons. The van der Waals surface area contributed by atoms with Crippen molar-refractivity contribution < 1.29 is 4.79 Å². The molecule has 3 heteroatoms. The summed E-state index contributed by atoms with van der Waals surface area (Å²) >= 11 is 0. The Hall–Kier alpha value is -1.35. The summed E-state index contributed by atoms with van der Waals surface area (Å²) in [4.78, 5) is 15.0. The monoisotopic (exact) mass is 300 g/mol. The van der Waals surface area contributed by atoms with Crippen LogP contribution in [0.4, 0.5) is 0 Å². The fourth-order valence-corrected chi connectivity index (χ4v) is 3.88. The van der Waals surface area contributed by atoms with Gasteiger partial charge in [-0.15, -0.1) is 0 Å². The number of nitrogens with one attached hydrogen (secondary N) is 1. The average Bonchev–Trinajstić information content (AvgIpc) is 3.01. The number of fused-ring (bicyclic) bond motifs is 1. The quantitative estimate of drug-likeness (QED) is 0.907. The van der Waals surface area contributed by atoms with Crippen molar-refractivity contribution >= 4 is 5.91 Å². The van der Waals surface area contributed by atoms with E-state index < -0.39 is 0 Å². The van der Waals surface area contributed by atoms with E-state index in [-0.39, 0.29) is 0 Å². The van der Waals surface area contributed by atoms with Crippen molar-refractivity contribution in [2.75, 3.05) is 19.6 Å². The molecule has 0 bridgehead atoms. The summed E-state index contributed by atoms with van der Waals surface area (Å²) in [6, 6.07) is 7.10. The molecule has 1 aromatic rings. The van der Waals surface area contributed by atoms with Crippen LogP contribution in [-0.4, -0.2) is 36.5 Å². The molecule has 0 saturated carbocycles. The van der Waals surface area contributed by atoms with Gasteiger partial charge >= 0.3 is 0 Å². The van der Waals surface area contributed by atoms with Crippen LogP contribution in [0.5, 0.6) is 0 Å². The SMILES string of the molecule is CCCN(C(=O)Cc1ccc2c(c1)CCC2)C1CCNCC1. The van der Waals surface area contributed by atoms with Crippen molar-refractivity contribution in [2.24, 2.45) is 0 Å². The molecule has 1 heterocycles. The minimum Gasteiger partial charge on any atom is -0.339 e. The summed E-state index contributed by atoms with van der Waals surface area (Å²) in [5.41, 5.74) is 4.15. The summed E-state index contributed by atoms with van der Waals surface area (Å²) in [6.45, 7) is 5.14. The average molecular weight is 300 g/mol. The lowest BCUT2D eigenvalue weighted by molar-refractivity contribution is -0.133. The molecule has 0 radical (unpaired) electrons. The molecule has 1 aliphatic carbocycles. The van der Waals surface area contributed by atoms with E-state index in [0.717, 1.165) is 38.9 Å². The van der Waals surface area contributed by atoms with Crippen LogP contribution in [0.1, 0.15) is 49.3 Å². The summed E-state index contributed by atoms with van der Waals surface area (Å²) in [5.74, 6) is 0.312. The lowest BCUT2D eigenvalue weighted by Crippen LogP contribution is -2.47. The highest BCUT2D eigenvalue weighted by atomic mass is 16.2. The zero-order valence-corrected chi connectivity index (χ0v) is 13.7. The number of rotatable bonds is 5. The second-order valence-corrected chi connectivity index (χ2v) is 6.70. The van der Waals surface area contributed by atoms with E-state index in [9.17, 15) is 4.79 Å². The number of benzene rings is 1. The van der Waals surface area contributed by atoms with Crippen LogP contribution in [0.3, 0.4) is 0 Å². The van der Waals surface area contributed by atoms with Crippen LogP contribution >= 0.6 is 0 Å². The summed E-state index contributed by atoms with van der Waals surface area (Å²) < 4.78 is 0. The van der Waals surface area contributed by atoms with Crippen molar-refractivity contribution in [1.82, 2.24) is 10.2 Å².